The van der Waals surface area contributed by atoms with Crippen LogP contribution in [0.1, 0.15) is 41.0 Å². The first-order chi connectivity index (χ1) is 14.4. The van der Waals surface area contributed by atoms with Crippen LogP contribution in [0.2, 0.25) is 0 Å². The first kappa shape index (κ1) is 23.1. The van der Waals surface area contributed by atoms with Gasteiger partial charge in [-0.25, -0.2) is 0 Å². The van der Waals surface area contributed by atoms with E-state index in [1.807, 2.05) is 13.8 Å². The second-order valence-corrected chi connectivity index (χ2v) is 7.07. The Balaban J connectivity index is 1.75. The number of carbonyl (C=O) groups excluding carboxylic acids is 4. The summed E-state index contributed by atoms with van der Waals surface area (Å²) < 4.78 is 4.92. The standard InChI is InChI=1S/C21H25N3O5S/c1-3-24(4-2)21(28)15-6-5-7-17(12-15)23-18(25)13-29-19(26)8-10-22-20(27)16-9-11-30-14-16/h5-7,9,11-12,14H,3-4,8,10,13H2,1-2H3,(H,22,27)(H,23,25). The lowest BCUT2D eigenvalue weighted by molar-refractivity contribution is -0.147. The van der Waals surface area contributed by atoms with E-state index in [9.17, 15) is 19.2 Å². The molecule has 0 unspecified atom stereocenters. The number of esters is 1. The molecule has 1 aromatic carbocycles. The van der Waals surface area contributed by atoms with E-state index in [0.717, 1.165) is 0 Å². The summed E-state index contributed by atoms with van der Waals surface area (Å²) in [5, 5.41) is 8.71. The lowest BCUT2D eigenvalue weighted by atomic mass is 10.1. The highest BCUT2D eigenvalue weighted by Crippen LogP contribution is 2.13. The lowest BCUT2D eigenvalue weighted by Crippen LogP contribution is -2.30. The van der Waals surface area contributed by atoms with E-state index in [4.69, 9.17) is 4.74 Å². The Morgan fingerprint density at radius 3 is 2.50 bits per heavy atom. The maximum absolute atomic E-state index is 12.4. The minimum absolute atomic E-state index is 0.0446. The van der Waals surface area contributed by atoms with Crippen molar-refractivity contribution in [3.8, 4) is 0 Å². The molecular weight excluding hydrogens is 406 g/mol. The van der Waals surface area contributed by atoms with Crippen molar-refractivity contribution in [2.45, 2.75) is 20.3 Å². The predicted octanol–water partition coefficient (Wildman–Crippen LogP) is 2.53. The van der Waals surface area contributed by atoms with Crippen molar-refractivity contribution in [1.29, 1.82) is 0 Å². The van der Waals surface area contributed by atoms with E-state index in [2.05, 4.69) is 10.6 Å². The minimum Gasteiger partial charge on any atom is -0.456 e. The Bertz CT molecular complexity index is 879. The third-order valence-corrected chi connectivity index (χ3v) is 4.89. The van der Waals surface area contributed by atoms with Crippen LogP contribution >= 0.6 is 11.3 Å². The number of rotatable bonds is 10. The Labute approximate surface area is 179 Å². The highest BCUT2D eigenvalue weighted by atomic mass is 32.1. The van der Waals surface area contributed by atoms with Crippen LogP contribution in [-0.4, -0.2) is 54.8 Å². The molecule has 3 amide bonds. The largest absolute Gasteiger partial charge is 0.456 e. The molecule has 0 saturated carbocycles. The molecule has 0 fully saturated rings. The van der Waals surface area contributed by atoms with Gasteiger partial charge in [0.1, 0.15) is 0 Å². The number of hydrogen-bond acceptors (Lipinski definition) is 6. The molecule has 2 N–H and O–H groups in total. The van der Waals surface area contributed by atoms with E-state index in [1.165, 1.54) is 11.3 Å². The quantitative estimate of drug-likeness (QED) is 0.563. The fourth-order valence-corrected chi connectivity index (χ4v) is 3.25. The van der Waals surface area contributed by atoms with Gasteiger partial charge in [0.2, 0.25) is 0 Å². The number of thiophene rings is 1. The molecule has 9 heteroatoms. The topological polar surface area (TPSA) is 105 Å². The van der Waals surface area contributed by atoms with Crippen LogP contribution in [0.3, 0.4) is 0 Å². The van der Waals surface area contributed by atoms with Crippen LogP contribution in [0.5, 0.6) is 0 Å². The summed E-state index contributed by atoms with van der Waals surface area (Å²) in [6, 6.07) is 8.28. The lowest BCUT2D eigenvalue weighted by Gasteiger charge is -2.19. The van der Waals surface area contributed by atoms with Gasteiger partial charge in [0.05, 0.1) is 6.42 Å². The second-order valence-electron chi connectivity index (χ2n) is 6.29. The van der Waals surface area contributed by atoms with Crippen molar-refractivity contribution in [1.82, 2.24) is 10.2 Å². The van der Waals surface area contributed by atoms with Crippen molar-refractivity contribution in [2.75, 3.05) is 31.6 Å². The minimum atomic E-state index is -0.596. The van der Waals surface area contributed by atoms with Crippen LogP contribution in [0, 0.1) is 0 Å². The molecule has 160 valence electrons. The Kier molecular flexibility index (Phi) is 9.02. The number of hydrogen-bond donors (Lipinski definition) is 2. The van der Waals surface area contributed by atoms with Gasteiger partial charge in [-0.2, -0.15) is 11.3 Å². The highest BCUT2D eigenvalue weighted by molar-refractivity contribution is 7.08. The molecule has 0 bridgehead atoms. The Morgan fingerprint density at radius 1 is 1.07 bits per heavy atom. The molecule has 2 aromatic rings. The van der Waals surface area contributed by atoms with Gasteiger partial charge in [0.15, 0.2) is 6.61 Å². The number of anilines is 1. The molecule has 0 spiro atoms. The first-order valence-corrected chi connectivity index (χ1v) is 10.5. The summed E-state index contributed by atoms with van der Waals surface area (Å²) in [6.45, 7) is 4.64. The summed E-state index contributed by atoms with van der Waals surface area (Å²) >= 11 is 1.41. The van der Waals surface area contributed by atoms with Crippen LogP contribution in [0.15, 0.2) is 41.1 Å². The van der Waals surface area contributed by atoms with Gasteiger partial charge in [-0.3, -0.25) is 19.2 Å². The molecule has 0 aliphatic heterocycles. The molecule has 1 aromatic heterocycles. The van der Waals surface area contributed by atoms with Crippen LogP contribution < -0.4 is 10.6 Å². The van der Waals surface area contributed by atoms with Crippen LogP contribution in [0.25, 0.3) is 0 Å². The van der Waals surface area contributed by atoms with Crippen molar-refractivity contribution >= 4 is 40.7 Å². The summed E-state index contributed by atoms with van der Waals surface area (Å²) in [7, 11) is 0. The van der Waals surface area contributed by atoms with Gasteiger partial charge < -0.3 is 20.3 Å². The maximum Gasteiger partial charge on any atom is 0.308 e. The van der Waals surface area contributed by atoms with E-state index in [1.54, 1.807) is 46.0 Å². The zero-order chi connectivity index (χ0) is 21.9. The normalized spacial score (nSPS) is 10.2. The van der Waals surface area contributed by atoms with Gasteiger partial charge in [-0.05, 0) is 43.5 Å². The van der Waals surface area contributed by atoms with Crippen molar-refractivity contribution < 1.29 is 23.9 Å². The number of carbonyl (C=O) groups is 4. The second kappa shape index (κ2) is 11.7. The molecule has 0 aliphatic rings. The molecule has 0 aliphatic carbocycles. The van der Waals surface area contributed by atoms with E-state index in [0.29, 0.717) is 29.9 Å². The van der Waals surface area contributed by atoms with Gasteiger partial charge in [-0.15, -0.1) is 0 Å². The molecule has 30 heavy (non-hydrogen) atoms. The van der Waals surface area contributed by atoms with Crippen molar-refractivity contribution in [2.24, 2.45) is 0 Å². The average molecular weight is 432 g/mol. The van der Waals surface area contributed by atoms with Gasteiger partial charge in [0.25, 0.3) is 17.7 Å². The summed E-state index contributed by atoms with van der Waals surface area (Å²) in [6.07, 6.45) is -0.0446. The van der Waals surface area contributed by atoms with E-state index < -0.39 is 18.5 Å². The molecule has 0 saturated heterocycles. The van der Waals surface area contributed by atoms with Crippen molar-refractivity contribution in [3.63, 3.8) is 0 Å². The van der Waals surface area contributed by atoms with Crippen LogP contribution in [-0.2, 0) is 14.3 Å². The fraction of sp³-hybridized carbons (Fsp3) is 0.333. The monoisotopic (exact) mass is 431 g/mol. The summed E-state index contributed by atoms with van der Waals surface area (Å²) in [5.74, 6) is -1.49. The van der Waals surface area contributed by atoms with E-state index in [-0.39, 0.29) is 24.8 Å². The summed E-state index contributed by atoms with van der Waals surface area (Å²) in [4.78, 5) is 49.6. The Hall–Kier alpha value is -3.20. The zero-order valence-corrected chi connectivity index (χ0v) is 17.8. The number of benzene rings is 1. The molecule has 1 heterocycles. The highest BCUT2D eigenvalue weighted by Gasteiger charge is 2.14. The number of ether oxygens (including phenoxy) is 1. The SMILES string of the molecule is CCN(CC)C(=O)c1cccc(NC(=O)COC(=O)CCNC(=O)c2ccsc2)c1. The molecule has 0 atom stereocenters. The third-order valence-electron chi connectivity index (χ3n) is 4.21. The molecule has 8 nitrogen and oxygen atoms in total. The fourth-order valence-electron chi connectivity index (χ4n) is 2.61. The summed E-state index contributed by atoms with van der Waals surface area (Å²) in [5.41, 5.74) is 1.45. The molecule has 0 radical (unpaired) electrons. The average Bonchev–Trinajstić information content (AvgIpc) is 3.28. The smallest absolute Gasteiger partial charge is 0.308 e. The van der Waals surface area contributed by atoms with Crippen LogP contribution in [0.4, 0.5) is 5.69 Å². The number of amides is 3. The third kappa shape index (κ3) is 7.00. The van der Waals surface area contributed by atoms with Gasteiger partial charge >= 0.3 is 5.97 Å². The Morgan fingerprint density at radius 2 is 1.83 bits per heavy atom. The number of nitrogens with zero attached hydrogens (tertiary/aromatic N) is 1. The first-order valence-electron chi connectivity index (χ1n) is 9.59. The van der Waals surface area contributed by atoms with E-state index >= 15 is 0 Å². The maximum atomic E-state index is 12.4. The van der Waals surface area contributed by atoms with Gasteiger partial charge in [-0.1, -0.05) is 6.07 Å². The zero-order valence-electron chi connectivity index (χ0n) is 17.0. The molecule has 2 rings (SSSR count). The predicted molar refractivity (Wildman–Crippen MR) is 115 cm³/mol. The molecular formula is C21H25N3O5S. The van der Waals surface area contributed by atoms with Gasteiger partial charge in [0, 0.05) is 41.8 Å². The van der Waals surface area contributed by atoms with Crippen molar-refractivity contribution in [3.05, 3.63) is 52.2 Å². The number of nitrogens with one attached hydrogen (secondary N) is 2.